The number of piperidine rings is 1. The first-order chi connectivity index (χ1) is 6.32. The smallest absolute Gasteiger partial charge is 0.237 e. The first kappa shape index (κ1) is 10.7. The number of amides is 3. The van der Waals surface area contributed by atoms with Gasteiger partial charge >= 0.3 is 0 Å². The minimum absolute atomic E-state index is 0.284. The van der Waals surface area contributed by atoms with Gasteiger partial charge in [0.15, 0.2) is 0 Å². The number of carbonyl (C=O) groups excluding carboxylic acids is 3. The molecule has 3 amide bonds. The van der Waals surface area contributed by atoms with E-state index in [1.165, 1.54) is 0 Å². The van der Waals surface area contributed by atoms with Gasteiger partial charge in [0.25, 0.3) is 0 Å². The third-order valence-corrected chi connectivity index (χ3v) is 2.18. The number of primary amides is 1. The molecule has 0 radical (unpaired) electrons. The van der Waals surface area contributed by atoms with Crippen molar-refractivity contribution >= 4 is 17.7 Å². The summed E-state index contributed by atoms with van der Waals surface area (Å²) in [5, 5.41) is 0. The molecule has 0 spiro atoms. The van der Waals surface area contributed by atoms with Crippen LogP contribution in [0.2, 0.25) is 0 Å². The lowest BCUT2D eigenvalue weighted by molar-refractivity contribution is -0.154. The van der Waals surface area contributed by atoms with Crippen LogP contribution >= 0.6 is 0 Å². The Balaban J connectivity index is 2.76. The summed E-state index contributed by atoms with van der Waals surface area (Å²) < 4.78 is 0. The van der Waals surface area contributed by atoms with Crippen molar-refractivity contribution in [3.63, 3.8) is 0 Å². The SMILES string of the molecule is CC1(C)CC(=O)N(CC(N)=O)C(=O)C1. The van der Waals surface area contributed by atoms with Crippen molar-refractivity contribution in [2.45, 2.75) is 26.7 Å². The van der Waals surface area contributed by atoms with Crippen molar-refractivity contribution in [1.82, 2.24) is 4.90 Å². The van der Waals surface area contributed by atoms with Crippen LogP contribution in [0, 0.1) is 5.41 Å². The van der Waals surface area contributed by atoms with Crippen molar-refractivity contribution in [2.75, 3.05) is 6.54 Å². The van der Waals surface area contributed by atoms with Gasteiger partial charge in [-0.3, -0.25) is 19.3 Å². The molecule has 0 aliphatic carbocycles. The largest absolute Gasteiger partial charge is 0.368 e. The molecule has 0 unspecified atom stereocenters. The van der Waals surface area contributed by atoms with E-state index < -0.39 is 5.91 Å². The Morgan fingerprint density at radius 3 is 2.14 bits per heavy atom. The Hall–Kier alpha value is -1.39. The van der Waals surface area contributed by atoms with E-state index in [0.717, 1.165) is 4.90 Å². The third-order valence-electron chi connectivity index (χ3n) is 2.18. The number of carbonyl (C=O) groups is 3. The van der Waals surface area contributed by atoms with Gasteiger partial charge in [-0.2, -0.15) is 0 Å². The highest BCUT2D eigenvalue weighted by Crippen LogP contribution is 2.31. The molecule has 1 rings (SSSR count). The van der Waals surface area contributed by atoms with E-state index >= 15 is 0 Å². The first-order valence-electron chi connectivity index (χ1n) is 4.43. The number of imide groups is 1. The fourth-order valence-corrected chi connectivity index (χ4v) is 1.54. The molecule has 1 aliphatic rings. The van der Waals surface area contributed by atoms with Gasteiger partial charge in [0.1, 0.15) is 6.54 Å². The van der Waals surface area contributed by atoms with E-state index in [2.05, 4.69) is 0 Å². The molecule has 0 aromatic carbocycles. The lowest BCUT2D eigenvalue weighted by atomic mass is 9.82. The highest BCUT2D eigenvalue weighted by Gasteiger charge is 2.37. The van der Waals surface area contributed by atoms with Crippen LogP contribution in [0.4, 0.5) is 0 Å². The van der Waals surface area contributed by atoms with Crippen molar-refractivity contribution in [2.24, 2.45) is 11.1 Å². The van der Waals surface area contributed by atoms with Crippen LogP contribution in [0.25, 0.3) is 0 Å². The van der Waals surface area contributed by atoms with Gasteiger partial charge < -0.3 is 5.73 Å². The molecule has 1 saturated heterocycles. The average Bonchev–Trinajstić information content (AvgIpc) is 1.94. The zero-order chi connectivity index (χ0) is 10.9. The number of likely N-dealkylation sites (tertiary alicyclic amines) is 1. The Bertz CT molecular complexity index is 276. The quantitative estimate of drug-likeness (QED) is 0.615. The van der Waals surface area contributed by atoms with E-state index in [-0.39, 0.29) is 36.6 Å². The third kappa shape index (κ3) is 2.31. The lowest BCUT2D eigenvalue weighted by Gasteiger charge is -2.33. The van der Waals surface area contributed by atoms with Crippen LogP contribution in [0.3, 0.4) is 0 Å². The Morgan fingerprint density at radius 2 is 1.79 bits per heavy atom. The second-order valence-electron chi connectivity index (χ2n) is 4.36. The fourth-order valence-electron chi connectivity index (χ4n) is 1.54. The molecule has 0 aromatic rings. The molecular weight excluding hydrogens is 184 g/mol. The molecule has 1 fully saturated rings. The summed E-state index contributed by atoms with van der Waals surface area (Å²) in [6, 6.07) is 0. The summed E-state index contributed by atoms with van der Waals surface area (Å²) >= 11 is 0. The van der Waals surface area contributed by atoms with Crippen molar-refractivity contribution < 1.29 is 14.4 Å². The Morgan fingerprint density at radius 1 is 1.36 bits per heavy atom. The maximum atomic E-state index is 11.5. The summed E-state index contributed by atoms with van der Waals surface area (Å²) in [7, 11) is 0. The first-order valence-corrected chi connectivity index (χ1v) is 4.43. The van der Waals surface area contributed by atoms with Crippen molar-refractivity contribution in [1.29, 1.82) is 0 Å². The molecule has 78 valence electrons. The molecule has 2 N–H and O–H groups in total. The highest BCUT2D eigenvalue weighted by molar-refractivity contribution is 6.01. The maximum Gasteiger partial charge on any atom is 0.237 e. The van der Waals surface area contributed by atoms with Gasteiger partial charge in [-0.05, 0) is 5.41 Å². The number of hydrogen-bond donors (Lipinski definition) is 1. The standard InChI is InChI=1S/C9H14N2O3/c1-9(2)3-7(13)11(5-6(10)12)8(14)4-9/h3-5H2,1-2H3,(H2,10,12). The molecular formula is C9H14N2O3. The van der Waals surface area contributed by atoms with Crippen LogP contribution in [0.15, 0.2) is 0 Å². The van der Waals surface area contributed by atoms with E-state index in [1.807, 2.05) is 13.8 Å². The van der Waals surface area contributed by atoms with Gasteiger partial charge in [0, 0.05) is 12.8 Å². The average molecular weight is 198 g/mol. The maximum absolute atomic E-state index is 11.5. The second-order valence-corrected chi connectivity index (χ2v) is 4.36. The second kappa shape index (κ2) is 3.40. The zero-order valence-electron chi connectivity index (χ0n) is 8.37. The Labute approximate surface area is 82.2 Å². The number of nitrogens with zero attached hydrogens (tertiary/aromatic N) is 1. The topological polar surface area (TPSA) is 80.5 Å². The summed E-state index contributed by atoms with van der Waals surface area (Å²) in [4.78, 5) is 34.4. The lowest BCUT2D eigenvalue weighted by Crippen LogP contribution is -2.49. The number of nitrogens with two attached hydrogens (primary N) is 1. The van der Waals surface area contributed by atoms with Gasteiger partial charge in [0.2, 0.25) is 17.7 Å². The van der Waals surface area contributed by atoms with E-state index in [1.54, 1.807) is 0 Å². The minimum Gasteiger partial charge on any atom is -0.368 e. The number of rotatable bonds is 2. The molecule has 1 aliphatic heterocycles. The van der Waals surface area contributed by atoms with Crippen LogP contribution in [-0.4, -0.2) is 29.2 Å². The summed E-state index contributed by atoms with van der Waals surface area (Å²) in [6.07, 6.45) is 0.567. The fraction of sp³-hybridized carbons (Fsp3) is 0.667. The van der Waals surface area contributed by atoms with Crippen LogP contribution in [-0.2, 0) is 14.4 Å². The molecule has 5 heteroatoms. The molecule has 14 heavy (non-hydrogen) atoms. The van der Waals surface area contributed by atoms with Crippen molar-refractivity contribution in [3.05, 3.63) is 0 Å². The van der Waals surface area contributed by atoms with Crippen LogP contribution < -0.4 is 5.73 Å². The van der Waals surface area contributed by atoms with Gasteiger partial charge in [-0.1, -0.05) is 13.8 Å². The normalized spacial score (nSPS) is 21.1. The van der Waals surface area contributed by atoms with Gasteiger partial charge in [-0.15, -0.1) is 0 Å². The summed E-state index contributed by atoms with van der Waals surface area (Å²) in [6.45, 7) is 3.41. The van der Waals surface area contributed by atoms with E-state index in [4.69, 9.17) is 5.73 Å². The molecule has 0 aromatic heterocycles. The summed E-state index contributed by atoms with van der Waals surface area (Å²) in [5.41, 5.74) is 4.63. The van der Waals surface area contributed by atoms with Gasteiger partial charge in [0.05, 0.1) is 0 Å². The molecule has 0 bridgehead atoms. The monoisotopic (exact) mass is 198 g/mol. The highest BCUT2D eigenvalue weighted by atomic mass is 16.2. The van der Waals surface area contributed by atoms with E-state index in [9.17, 15) is 14.4 Å². The van der Waals surface area contributed by atoms with E-state index in [0.29, 0.717) is 0 Å². The number of hydrogen-bond acceptors (Lipinski definition) is 3. The van der Waals surface area contributed by atoms with Crippen molar-refractivity contribution in [3.8, 4) is 0 Å². The van der Waals surface area contributed by atoms with Gasteiger partial charge in [-0.25, -0.2) is 0 Å². The zero-order valence-corrected chi connectivity index (χ0v) is 8.37. The van der Waals surface area contributed by atoms with Crippen LogP contribution in [0.1, 0.15) is 26.7 Å². The predicted octanol–water partition coefficient (Wildman–Crippen LogP) is -0.353. The molecule has 1 heterocycles. The molecule has 0 saturated carbocycles. The minimum atomic E-state index is -0.661. The molecule has 5 nitrogen and oxygen atoms in total. The summed E-state index contributed by atoms with van der Waals surface area (Å²) in [5.74, 6) is -1.29. The Kier molecular flexibility index (Phi) is 2.59. The molecule has 0 atom stereocenters. The predicted molar refractivity (Wildman–Crippen MR) is 48.9 cm³/mol. The van der Waals surface area contributed by atoms with Crippen LogP contribution in [0.5, 0.6) is 0 Å².